The summed E-state index contributed by atoms with van der Waals surface area (Å²) >= 11 is 4.21. The van der Waals surface area contributed by atoms with Crippen LogP contribution >= 0.6 is 21.6 Å². The van der Waals surface area contributed by atoms with Gasteiger partial charge < -0.3 is 28.3 Å². The molecular weight excluding hydrogens is 402 g/mol. The Morgan fingerprint density at radius 1 is 1.43 bits per heavy atom. The van der Waals surface area contributed by atoms with Crippen molar-refractivity contribution in [1.29, 1.82) is 0 Å². The summed E-state index contributed by atoms with van der Waals surface area (Å²) in [5, 5.41) is 0. The van der Waals surface area contributed by atoms with Crippen LogP contribution in [0.4, 0.5) is 0 Å². The van der Waals surface area contributed by atoms with Gasteiger partial charge in [0.25, 0.3) is 0 Å². The van der Waals surface area contributed by atoms with Crippen molar-refractivity contribution in [3.8, 4) is 0 Å². The van der Waals surface area contributed by atoms with Gasteiger partial charge in [-0.05, 0) is 19.8 Å². The Labute approximate surface area is 176 Å². The van der Waals surface area contributed by atoms with E-state index in [1.807, 2.05) is 19.1 Å². The molecule has 0 amide bonds. The van der Waals surface area contributed by atoms with E-state index in [4.69, 9.17) is 28.3 Å². The fraction of sp³-hybridized carbons (Fsp3) is 0.833. The molecule has 1 aliphatic rings. The SMILES string of the molecule is COCO[C@@H]([C@H](C)[C@H]1O[C@@]1(C)COB(P)S)[C@H](/C=C/CCCOC(C)=O)OC. The minimum Gasteiger partial charge on any atom is -0.466 e. The lowest BCUT2D eigenvalue weighted by Crippen LogP contribution is -2.40. The van der Waals surface area contributed by atoms with Crippen molar-refractivity contribution < 1.29 is 33.1 Å². The highest BCUT2D eigenvalue weighted by atomic mass is 32.1. The van der Waals surface area contributed by atoms with Gasteiger partial charge in [0, 0.05) is 27.1 Å². The van der Waals surface area contributed by atoms with Gasteiger partial charge in [0.15, 0.2) is 0 Å². The fourth-order valence-corrected chi connectivity index (χ4v) is 3.29. The van der Waals surface area contributed by atoms with Gasteiger partial charge in [-0.1, -0.05) is 19.1 Å². The monoisotopic (exact) mass is 436 g/mol. The van der Waals surface area contributed by atoms with E-state index in [-0.39, 0.29) is 48.5 Å². The fourth-order valence-electron chi connectivity index (χ4n) is 3.12. The molecule has 162 valence electrons. The maximum Gasteiger partial charge on any atom is 0.380 e. The molecule has 1 aliphatic heterocycles. The summed E-state index contributed by atoms with van der Waals surface area (Å²) in [5.41, 5.74) is -0.363. The first-order chi connectivity index (χ1) is 13.2. The molecule has 0 N–H and O–H groups in total. The maximum atomic E-state index is 10.8. The van der Waals surface area contributed by atoms with Crippen LogP contribution in [-0.4, -0.2) is 70.0 Å². The molecule has 7 nitrogen and oxygen atoms in total. The van der Waals surface area contributed by atoms with Crippen molar-refractivity contribution in [2.45, 2.75) is 57.5 Å². The largest absolute Gasteiger partial charge is 0.466 e. The molecule has 0 aromatic rings. The molecule has 1 saturated heterocycles. The molecular formula is C18H34BO7PS. The lowest BCUT2D eigenvalue weighted by Gasteiger charge is -2.29. The maximum absolute atomic E-state index is 10.8. The van der Waals surface area contributed by atoms with Crippen LogP contribution in [0.2, 0.25) is 0 Å². The Balaban J connectivity index is 2.64. The highest BCUT2D eigenvalue weighted by molar-refractivity contribution is 8.23. The second-order valence-corrected chi connectivity index (χ2v) is 8.74. The van der Waals surface area contributed by atoms with E-state index in [0.29, 0.717) is 13.2 Å². The summed E-state index contributed by atoms with van der Waals surface area (Å²) in [7, 11) is 5.73. The summed E-state index contributed by atoms with van der Waals surface area (Å²) in [6, 6.07) is 0. The summed E-state index contributed by atoms with van der Waals surface area (Å²) in [6.45, 7) is 6.54. The van der Waals surface area contributed by atoms with Crippen LogP contribution in [0.1, 0.15) is 33.6 Å². The van der Waals surface area contributed by atoms with Crippen molar-refractivity contribution in [3.05, 3.63) is 12.2 Å². The molecule has 10 heteroatoms. The number of rotatable bonds is 15. The van der Waals surface area contributed by atoms with Gasteiger partial charge in [-0.3, -0.25) is 4.79 Å². The zero-order valence-electron chi connectivity index (χ0n) is 17.5. The minimum atomic E-state index is -0.363. The lowest BCUT2D eigenvalue weighted by molar-refractivity contribution is -0.141. The van der Waals surface area contributed by atoms with Gasteiger partial charge in [-0.2, -0.15) is 12.5 Å². The number of unbranched alkanes of at least 4 members (excludes halogenated alkanes) is 1. The third-order valence-corrected chi connectivity index (χ3v) is 4.94. The van der Waals surface area contributed by atoms with Gasteiger partial charge in [-0.25, -0.2) is 0 Å². The first-order valence-electron chi connectivity index (χ1n) is 9.41. The number of thiol groups is 1. The Hall–Kier alpha value is -0.145. The number of hydrogen-bond donors (Lipinski definition) is 1. The molecule has 0 aromatic carbocycles. The Kier molecular flexibility index (Phi) is 12.2. The molecule has 0 aromatic heterocycles. The summed E-state index contributed by atoms with van der Waals surface area (Å²) < 4.78 is 33.1. The normalized spacial score (nSPS) is 24.8. The van der Waals surface area contributed by atoms with Gasteiger partial charge >= 0.3 is 11.9 Å². The summed E-state index contributed by atoms with van der Waals surface area (Å²) in [5.74, 6) is -0.426. The first kappa shape index (κ1) is 25.9. The van der Waals surface area contributed by atoms with Crippen molar-refractivity contribution in [2.24, 2.45) is 5.92 Å². The second kappa shape index (κ2) is 13.2. The zero-order valence-corrected chi connectivity index (χ0v) is 19.5. The third kappa shape index (κ3) is 9.12. The van der Waals surface area contributed by atoms with Crippen molar-refractivity contribution in [3.63, 3.8) is 0 Å². The van der Waals surface area contributed by atoms with E-state index in [1.54, 1.807) is 14.2 Å². The molecule has 0 radical (unpaired) electrons. The van der Waals surface area contributed by atoms with E-state index in [2.05, 4.69) is 28.5 Å². The van der Waals surface area contributed by atoms with Crippen LogP contribution in [0.5, 0.6) is 0 Å². The minimum absolute atomic E-state index is 0.0125. The van der Waals surface area contributed by atoms with Crippen LogP contribution in [0, 0.1) is 5.92 Å². The number of carbonyl (C=O) groups excluding carboxylic acids is 1. The zero-order chi connectivity index (χ0) is 21.2. The van der Waals surface area contributed by atoms with Crippen LogP contribution in [0.15, 0.2) is 12.2 Å². The molecule has 1 fully saturated rings. The quantitative estimate of drug-likeness (QED) is 0.0618. The number of allylic oxidation sites excluding steroid dienone is 1. The van der Waals surface area contributed by atoms with Gasteiger partial charge in [0.2, 0.25) is 0 Å². The smallest absolute Gasteiger partial charge is 0.380 e. The topological polar surface area (TPSA) is 75.8 Å². The average molecular weight is 436 g/mol. The van der Waals surface area contributed by atoms with E-state index >= 15 is 0 Å². The van der Waals surface area contributed by atoms with E-state index < -0.39 is 0 Å². The van der Waals surface area contributed by atoms with E-state index in [0.717, 1.165) is 12.8 Å². The number of carbonyl (C=O) groups is 1. The van der Waals surface area contributed by atoms with Gasteiger partial charge in [0.05, 0.1) is 25.4 Å². The van der Waals surface area contributed by atoms with Crippen LogP contribution in [0.25, 0.3) is 0 Å². The predicted octanol–water partition coefficient (Wildman–Crippen LogP) is 2.49. The number of ether oxygens (including phenoxy) is 5. The van der Waals surface area contributed by atoms with Crippen LogP contribution in [-0.2, 0) is 33.1 Å². The molecule has 0 saturated carbocycles. The lowest BCUT2D eigenvalue weighted by atomic mass is 9.90. The van der Waals surface area contributed by atoms with Crippen molar-refractivity contribution >= 4 is 33.5 Å². The van der Waals surface area contributed by atoms with Gasteiger partial charge in [-0.15, -0.1) is 9.12 Å². The predicted molar refractivity (Wildman–Crippen MR) is 115 cm³/mol. The third-order valence-electron chi connectivity index (χ3n) is 4.60. The van der Waals surface area contributed by atoms with Crippen LogP contribution in [0.3, 0.4) is 0 Å². The Bertz CT molecular complexity index is 497. The van der Waals surface area contributed by atoms with Gasteiger partial charge in [0.1, 0.15) is 18.5 Å². The Morgan fingerprint density at radius 2 is 2.14 bits per heavy atom. The summed E-state index contributed by atoms with van der Waals surface area (Å²) in [6.07, 6.45) is 5.02. The standard InChI is InChI=1S/C18H34BO7PS/c1-13(17-18(3,26-17)11-25-19(27)28)16(24-12-21-4)15(22-5)9-7-6-8-10-23-14(2)20/h7,9,13,15-17,28H,6,8,10-12,27H2,1-5H3/b9-7+/t13-,15-,16-,17+,18-/m0/s1. The number of epoxide rings is 1. The second-order valence-electron chi connectivity index (χ2n) is 7.06. The van der Waals surface area contributed by atoms with Crippen molar-refractivity contribution in [1.82, 2.24) is 0 Å². The Morgan fingerprint density at radius 3 is 2.71 bits per heavy atom. The highest BCUT2D eigenvalue weighted by Crippen LogP contribution is 2.44. The van der Waals surface area contributed by atoms with Crippen molar-refractivity contribution in [2.75, 3.05) is 34.2 Å². The molecule has 1 rings (SSSR count). The number of esters is 1. The van der Waals surface area contributed by atoms with E-state index in [1.165, 1.54) is 6.92 Å². The number of methoxy groups -OCH3 is 2. The highest BCUT2D eigenvalue weighted by Gasteiger charge is 2.57. The first-order valence-corrected chi connectivity index (χ1v) is 10.6. The van der Waals surface area contributed by atoms with Crippen LogP contribution < -0.4 is 0 Å². The molecule has 0 bridgehead atoms. The number of hydrogen-bond acceptors (Lipinski definition) is 8. The average Bonchev–Trinajstić information content (AvgIpc) is 3.32. The molecule has 0 spiro atoms. The van der Waals surface area contributed by atoms with E-state index in [9.17, 15) is 4.79 Å². The molecule has 6 atom stereocenters. The molecule has 1 heterocycles. The molecule has 28 heavy (non-hydrogen) atoms. The molecule has 0 aliphatic carbocycles. The summed E-state index contributed by atoms with van der Waals surface area (Å²) in [4.78, 5) is 10.8. The molecule has 1 unspecified atom stereocenters.